The smallest absolute Gasteiger partial charge is 0.261 e. The Labute approximate surface area is 152 Å². The Morgan fingerprint density at radius 3 is 2.88 bits per heavy atom. The van der Waals surface area contributed by atoms with E-state index in [0.29, 0.717) is 37.0 Å². The predicted octanol–water partition coefficient (Wildman–Crippen LogP) is 1.22. The van der Waals surface area contributed by atoms with E-state index in [0.717, 1.165) is 24.9 Å². The number of carbonyl (C=O) groups excluding carboxylic acids is 2. The standard InChI is InChI=1S/C19H24N4O3/c1-14-5-2-6-15-18(14)21-13-23(19(15)26)12-8-16(24)20-9-4-11-22-10-3-7-17(22)25/h2,5-6,13H,3-4,7-12H2,1H3,(H,20,24). The van der Waals surface area contributed by atoms with Crippen LogP contribution in [0.2, 0.25) is 0 Å². The van der Waals surface area contributed by atoms with E-state index >= 15 is 0 Å². The molecule has 0 aliphatic carbocycles. The highest BCUT2D eigenvalue weighted by Gasteiger charge is 2.19. The van der Waals surface area contributed by atoms with Crippen molar-refractivity contribution < 1.29 is 9.59 Å². The fourth-order valence-corrected chi connectivity index (χ4v) is 3.25. The van der Waals surface area contributed by atoms with Gasteiger partial charge in [0.2, 0.25) is 11.8 Å². The first-order chi connectivity index (χ1) is 12.6. The molecule has 0 unspecified atom stereocenters. The lowest BCUT2D eigenvalue weighted by Crippen LogP contribution is -2.31. The molecule has 0 saturated carbocycles. The van der Waals surface area contributed by atoms with E-state index in [4.69, 9.17) is 0 Å². The van der Waals surface area contributed by atoms with Gasteiger partial charge in [-0.15, -0.1) is 0 Å². The summed E-state index contributed by atoms with van der Waals surface area (Å²) in [6, 6.07) is 5.51. The molecule has 1 aliphatic rings. The lowest BCUT2D eigenvalue weighted by Gasteiger charge is -2.15. The average Bonchev–Trinajstić information content (AvgIpc) is 3.04. The van der Waals surface area contributed by atoms with Crippen molar-refractivity contribution >= 4 is 22.7 Å². The Balaban J connectivity index is 1.47. The Hall–Kier alpha value is -2.70. The first-order valence-corrected chi connectivity index (χ1v) is 9.05. The molecule has 1 aromatic heterocycles. The number of amides is 2. The van der Waals surface area contributed by atoms with Crippen molar-refractivity contribution in [2.75, 3.05) is 19.6 Å². The molecule has 26 heavy (non-hydrogen) atoms. The van der Waals surface area contributed by atoms with Crippen molar-refractivity contribution in [3.8, 4) is 0 Å². The number of carbonyl (C=O) groups is 2. The summed E-state index contributed by atoms with van der Waals surface area (Å²) >= 11 is 0. The number of benzene rings is 1. The topological polar surface area (TPSA) is 84.3 Å². The number of para-hydroxylation sites is 1. The lowest BCUT2D eigenvalue weighted by molar-refractivity contribution is -0.127. The van der Waals surface area contributed by atoms with Gasteiger partial charge in [-0.3, -0.25) is 19.0 Å². The van der Waals surface area contributed by atoms with Crippen LogP contribution in [0.15, 0.2) is 29.3 Å². The van der Waals surface area contributed by atoms with E-state index in [1.54, 1.807) is 6.07 Å². The van der Waals surface area contributed by atoms with Gasteiger partial charge in [-0.1, -0.05) is 12.1 Å². The zero-order valence-electron chi connectivity index (χ0n) is 15.0. The van der Waals surface area contributed by atoms with Crippen LogP contribution in [0.4, 0.5) is 0 Å². The second-order valence-electron chi connectivity index (χ2n) is 6.65. The third kappa shape index (κ3) is 4.09. The van der Waals surface area contributed by atoms with Crippen molar-refractivity contribution in [2.24, 2.45) is 0 Å². The van der Waals surface area contributed by atoms with Crippen LogP contribution in [-0.4, -0.2) is 45.9 Å². The normalized spacial score (nSPS) is 14.2. The third-order valence-electron chi connectivity index (χ3n) is 4.73. The highest BCUT2D eigenvalue weighted by Crippen LogP contribution is 2.11. The van der Waals surface area contributed by atoms with E-state index in [1.165, 1.54) is 10.9 Å². The van der Waals surface area contributed by atoms with Crippen molar-refractivity contribution in [1.29, 1.82) is 0 Å². The molecule has 2 heterocycles. The molecule has 2 amide bonds. The molecule has 0 spiro atoms. The molecule has 1 N–H and O–H groups in total. The number of nitrogens with one attached hydrogen (secondary N) is 1. The van der Waals surface area contributed by atoms with Gasteiger partial charge in [0, 0.05) is 39.0 Å². The van der Waals surface area contributed by atoms with Gasteiger partial charge >= 0.3 is 0 Å². The minimum atomic E-state index is -0.126. The molecule has 0 bridgehead atoms. The van der Waals surface area contributed by atoms with Gasteiger partial charge in [0.05, 0.1) is 17.2 Å². The van der Waals surface area contributed by atoms with Crippen LogP contribution in [0.1, 0.15) is 31.2 Å². The number of hydrogen-bond donors (Lipinski definition) is 1. The number of fused-ring (bicyclic) bond motifs is 1. The van der Waals surface area contributed by atoms with Gasteiger partial charge in [0.1, 0.15) is 0 Å². The molecule has 0 radical (unpaired) electrons. The van der Waals surface area contributed by atoms with Crippen molar-refractivity contribution in [3.63, 3.8) is 0 Å². The maximum atomic E-state index is 12.5. The fraction of sp³-hybridized carbons (Fsp3) is 0.474. The van der Waals surface area contributed by atoms with Gasteiger partial charge in [-0.2, -0.15) is 0 Å². The van der Waals surface area contributed by atoms with Gasteiger partial charge in [-0.05, 0) is 31.4 Å². The lowest BCUT2D eigenvalue weighted by atomic mass is 10.1. The minimum Gasteiger partial charge on any atom is -0.356 e. The van der Waals surface area contributed by atoms with Crippen molar-refractivity contribution in [2.45, 2.75) is 39.2 Å². The van der Waals surface area contributed by atoms with E-state index in [9.17, 15) is 14.4 Å². The van der Waals surface area contributed by atoms with Gasteiger partial charge < -0.3 is 10.2 Å². The van der Waals surface area contributed by atoms with Crippen molar-refractivity contribution in [3.05, 3.63) is 40.4 Å². The molecular weight excluding hydrogens is 332 g/mol. The largest absolute Gasteiger partial charge is 0.356 e. The Morgan fingerprint density at radius 2 is 2.12 bits per heavy atom. The van der Waals surface area contributed by atoms with Crippen LogP contribution in [-0.2, 0) is 16.1 Å². The Bertz CT molecular complexity index is 875. The predicted molar refractivity (Wildman–Crippen MR) is 98.8 cm³/mol. The summed E-state index contributed by atoms with van der Waals surface area (Å²) in [6.45, 7) is 4.26. The molecule has 0 atom stereocenters. The van der Waals surface area contributed by atoms with Gasteiger partial charge in [0.15, 0.2) is 0 Å². The number of hydrogen-bond acceptors (Lipinski definition) is 4. The van der Waals surface area contributed by atoms with E-state index in [-0.39, 0.29) is 23.8 Å². The van der Waals surface area contributed by atoms with E-state index < -0.39 is 0 Å². The fourth-order valence-electron chi connectivity index (χ4n) is 3.25. The molecule has 7 heteroatoms. The number of nitrogens with zero attached hydrogens (tertiary/aromatic N) is 3. The quantitative estimate of drug-likeness (QED) is 0.756. The summed E-state index contributed by atoms with van der Waals surface area (Å²) < 4.78 is 1.48. The number of rotatable bonds is 7. The zero-order valence-corrected chi connectivity index (χ0v) is 15.0. The second-order valence-corrected chi connectivity index (χ2v) is 6.65. The zero-order chi connectivity index (χ0) is 18.5. The Morgan fingerprint density at radius 1 is 1.27 bits per heavy atom. The molecule has 138 valence electrons. The second kappa shape index (κ2) is 8.12. The molecular formula is C19H24N4O3. The van der Waals surface area contributed by atoms with Crippen LogP contribution in [0.25, 0.3) is 10.9 Å². The number of likely N-dealkylation sites (tertiary alicyclic amines) is 1. The molecule has 3 rings (SSSR count). The highest BCUT2D eigenvalue weighted by molar-refractivity contribution is 5.80. The highest BCUT2D eigenvalue weighted by atomic mass is 16.2. The van der Waals surface area contributed by atoms with Crippen LogP contribution < -0.4 is 10.9 Å². The summed E-state index contributed by atoms with van der Waals surface area (Å²) in [5.41, 5.74) is 1.54. The van der Waals surface area contributed by atoms with Gasteiger partial charge in [0.25, 0.3) is 5.56 Å². The van der Waals surface area contributed by atoms with Crippen LogP contribution >= 0.6 is 0 Å². The summed E-state index contributed by atoms with van der Waals surface area (Å²) in [4.78, 5) is 42.2. The molecule has 1 aliphatic heterocycles. The van der Waals surface area contributed by atoms with Crippen LogP contribution in [0, 0.1) is 6.92 Å². The number of aromatic nitrogens is 2. The maximum Gasteiger partial charge on any atom is 0.261 e. The van der Waals surface area contributed by atoms with Gasteiger partial charge in [-0.25, -0.2) is 4.98 Å². The van der Waals surface area contributed by atoms with E-state index in [2.05, 4.69) is 10.3 Å². The summed E-state index contributed by atoms with van der Waals surface area (Å²) in [7, 11) is 0. The first-order valence-electron chi connectivity index (χ1n) is 9.05. The third-order valence-corrected chi connectivity index (χ3v) is 4.73. The summed E-state index contributed by atoms with van der Waals surface area (Å²) in [5.74, 6) is 0.101. The average molecular weight is 356 g/mol. The molecule has 7 nitrogen and oxygen atoms in total. The maximum absolute atomic E-state index is 12.5. The summed E-state index contributed by atoms with van der Waals surface area (Å²) in [6.07, 6.45) is 4.04. The Kier molecular flexibility index (Phi) is 5.65. The summed E-state index contributed by atoms with van der Waals surface area (Å²) in [5, 5.41) is 3.42. The van der Waals surface area contributed by atoms with Crippen LogP contribution in [0.5, 0.6) is 0 Å². The molecule has 1 fully saturated rings. The molecule has 2 aromatic rings. The van der Waals surface area contributed by atoms with Crippen LogP contribution in [0.3, 0.4) is 0 Å². The van der Waals surface area contributed by atoms with E-state index in [1.807, 2.05) is 24.0 Å². The SMILES string of the molecule is Cc1cccc2c(=O)n(CCC(=O)NCCCN3CCCC3=O)cnc12. The van der Waals surface area contributed by atoms with Crippen molar-refractivity contribution in [1.82, 2.24) is 19.8 Å². The minimum absolute atomic E-state index is 0.103. The first kappa shape index (κ1) is 18.1. The monoisotopic (exact) mass is 356 g/mol. The molecule has 1 saturated heterocycles. The molecule has 1 aromatic carbocycles. The number of aryl methyl sites for hydroxylation is 2.